The molecule has 6 nitrogen and oxygen atoms in total. The lowest BCUT2D eigenvalue weighted by atomic mass is 10.1. The fourth-order valence-electron chi connectivity index (χ4n) is 3.66. The van der Waals surface area contributed by atoms with Crippen LogP contribution in [0.25, 0.3) is 0 Å². The van der Waals surface area contributed by atoms with Crippen LogP contribution in [0.4, 0.5) is 8.78 Å². The van der Waals surface area contributed by atoms with E-state index in [0.29, 0.717) is 38.6 Å². The zero-order valence-electron chi connectivity index (χ0n) is 14.1. The minimum absolute atomic E-state index is 0.0293. The average Bonchev–Trinajstić information content (AvgIpc) is 2.81. The van der Waals surface area contributed by atoms with Crippen LogP contribution in [0.3, 0.4) is 0 Å². The first-order valence-corrected chi connectivity index (χ1v) is 8.24. The largest absolute Gasteiger partial charge is 0.496 e. The summed E-state index contributed by atoms with van der Waals surface area (Å²) >= 11 is 0. The van der Waals surface area contributed by atoms with Gasteiger partial charge < -0.3 is 14.6 Å². The van der Waals surface area contributed by atoms with Crippen LogP contribution in [-0.2, 0) is 16.1 Å². The third-order valence-electron chi connectivity index (χ3n) is 4.75. The van der Waals surface area contributed by atoms with Crippen molar-refractivity contribution in [1.29, 1.82) is 0 Å². The Morgan fingerprint density at radius 2 is 2.12 bits per heavy atom. The molecule has 0 unspecified atom stereocenters. The monoisotopic (exact) mass is 356 g/mol. The highest BCUT2D eigenvalue weighted by atomic mass is 19.2. The highest BCUT2D eigenvalue weighted by molar-refractivity contribution is 5.69. The molecular formula is C17H22F2N2O4. The molecule has 2 atom stereocenters. The van der Waals surface area contributed by atoms with Gasteiger partial charge in [0.05, 0.1) is 26.9 Å². The number of rotatable bonds is 5. The molecule has 138 valence electrons. The molecule has 0 amide bonds. The fraction of sp³-hybridized carbons (Fsp3) is 0.588. The van der Waals surface area contributed by atoms with E-state index in [4.69, 9.17) is 14.6 Å². The molecule has 3 rings (SSSR count). The summed E-state index contributed by atoms with van der Waals surface area (Å²) in [6.45, 7) is 2.90. The molecule has 25 heavy (non-hydrogen) atoms. The van der Waals surface area contributed by atoms with E-state index in [1.54, 1.807) is 0 Å². The van der Waals surface area contributed by atoms with Gasteiger partial charge in [-0.1, -0.05) is 0 Å². The van der Waals surface area contributed by atoms with Gasteiger partial charge in [-0.25, -0.2) is 8.78 Å². The normalized spacial score (nSPS) is 24.8. The van der Waals surface area contributed by atoms with Gasteiger partial charge in [-0.15, -0.1) is 0 Å². The second kappa shape index (κ2) is 7.63. The number of benzene rings is 1. The van der Waals surface area contributed by atoms with Crippen molar-refractivity contribution in [2.45, 2.75) is 12.6 Å². The van der Waals surface area contributed by atoms with Gasteiger partial charge in [-0.2, -0.15) is 0 Å². The molecule has 2 aliphatic rings. The van der Waals surface area contributed by atoms with Gasteiger partial charge in [-0.3, -0.25) is 14.6 Å². The molecule has 0 spiro atoms. The summed E-state index contributed by atoms with van der Waals surface area (Å²) < 4.78 is 38.8. The molecule has 2 fully saturated rings. The van der Waals surface area contributed by atoms with Gasteiger partial charge in [0.1, 0.15) is 5.75 Å². The van der Waals surface area contributed by atoms with Gasteiger partial charge in [0.15, 0.2) is 11.6 Å². The van der Waals surface area contributed by atoms with E-state index in [2.05, 4.69) is 0 Å². The van der Waals surface area contributed by atoms with Crippen molar-refractivity contribution in [3.63, 3.8) is 0 Å². The Balaban J connectivity index is 1.83. The van der Waals surface area contributed by atoms with E-state index < -0.39 is 17.6 Å². The molecule has 0 aliphatic carbocycles. The van der Waals surface area contributed by atoms with Crippen molar-refractivity contribution < 1.29 is 28.2 Å². The molecule has 8 heteroatoms. The molecule has 2 bridgehead atoms. The van der Waals surface area contributed by atoms with Crippen LogP contribution >= 0.6 is 0 Å². The maximum atomic E-state index is 14.3. The molecule has 1 aromatic carbocycles. The van der Waals surface area contributed by atoms with Gasteiger partial charge in [0.2, 0.25) is 0 Å². The smallest absolute Gasteiger partial charge is 0.317 e. The van der Waals surface area contributed by atoms with E-state index >= 15 is 0 Å². The van der Waals surface area contributed by atoms with Crippen LogP contribution in [0.5, 0.6) is 5.75 Å². The second-order valence-corrected chi connectivity index (χ2v) is 6.62. The molecule has 0 saturated carbocycles. The summed E-state index contributed by atoms with van der Waals surface area (Å²) in [5.41, 5.74) is 0.180. The summed E-state index contributed by atoms with van der Waals surface area (Å²) in [6, 6.07) is 2.39. The van der Waals surface area contributed by atoms with Gasteiger partial charge in [0.25, 0.3) is 0 Å². The minimum Gasteiger partial charge on any atom is -0.496 e. The highest BCUT2D eigenvalue weighted by Gasteiger charge is 2.34. The molecule has 1 aromatic rings. The zero-order chi connectivity index (χ0) is 18.0. The van der Waals surface area contributed by atoms with E-state index in [9.17, 15) is 13.6 Å². The molecule has 0 radical (unpaired) electrons. The number of hydrogen-bond donors (Lipinski definition) is 1. The van der Waals surface area contributed by atoms with Crippen LogP contribution in [0.2, 0.25) is 0 Å². The number of carbonyl (C=O) groups is 1. The van der Waals surface area contributed by atoms with Crippen LogP contribution in [0, 0.1) is 17.6 Å². The number of halogens is 2. The van der Waals surface area contributed by atoms with E-state index in [1.165, 1.54) is 13.2 Å². The van der Waals surface area contributed by atoms with Gasteiger partial charge in [-0.05, 0) is 12.1 Å². The van der Waals surface area contributed by atoms with Crippen molar-refractivity contribution in [2.75, 3.05) is 46.5 Å². The number of hydrogen-bond acceptors (Lipinski definition) is 5. The van der Waals surface area contributed by atoms with Crippen molar-refractivity contribution >= 4 is 5.97 Å². The van der Waals surface area contributed by atoms with Crippen molar-refractivity contribution in [1.82, 2.24) is 9.80 Å². The van der Waals surface area contributed by atoms with Crippen LogP contribution in [-0.4, -0.2) is 73.4 Å². The first-order chi connectivity index (χ1) is 12.0. The first kappa shape index (κ1) is 18.0. The van der Waals surface area contributed by atoms with E-state index in [-0.39, 0.29) is 30.6 Å². The standard InChI is InChI=1S/C17H22F2N2O4/c1-24-15-3-2-14(18)17(19)13(15)7-21-5-11-4-20(8-16(22)23)6-12(21)10-25-9-11/h2-3,11-12H,4-10H2,1H3,(H,22,23)/t11-,12-/m0/s1. The maximum absolute atomic E-state index is 14.3. The Bertz CT molecular complexity index is 643. The number of aliphatic carboxylic acids is 1. The SMILES string of the molecule is COc1ccc(F)c(F)c1CN1C[C@H]2COC[C@@H]1CN(CC(=O)O)C2. The number of nitrogens with zero attached hydrogens (tertiary/aromatic N) is 2. The maximum Gasteiger partial charge on any atom is 0.317 e. The van der Waals surface area contributed by atoms with Gasteiger partial charge in [0, 0.05) is 43.7 Å². The first-order valence-electron chi connectivity index (χ1n) is 8.24. The summed E-state index contributed by atoms with van der Waals surface area (Å²) in [6.07, 6.45) is 0. The van der Waals surface area contributed by atoms with E-state index in [1.807, 2.05) is 9.80 Å². The molecule has 1 N–H and O–H groups in total. The quantitative estimate of drug-likeness (QED) is 0.855. The summed E-state index contributed by atoms with van der Waals surface area (Å²) in [4.78, 5) is 15.0. The average molecular weight is 356 g/mol. The lowest BCUT2D eigenvalue weighted by Crippen LogP contribution is -2.45. The van der Waals surface area contributed by atoms with Crippen molar-refractivity contribution in [3.05, 3.63) is 29.3 Å². The molecular weight excluding hydrogens is 334 g/mol. The van der Waals surface area contributed by atoms with Crippen LogP contribution in [0.1, 0.15) is 5.56 Å². The predicted octanol–water partition coefficient (Wildman–Crippen LogP) is 1.19. The molecule has 2 heterocycles. The molecule has 2 saturated heterocycles. The van der Waals surface area contributed by atoms with E-state index in [0.717, 1.165) is 6.07 Å². The van der Waals surface area contributed by atoms with Crippen molar-refractivity contribution in [3.8, 4) is 5.75 Å². The fourth-order valence-corrected chi connectivity index (χ4v) is 3.66. The number of methoxy groups -OCH3 is 1. The summed E-state index contributed by atoms with van der Waals surface area (Å²) in [5.74, 6) is -2.25. The predicted molar refractivity (Wildman–Crippen MR) is 85.5 cm³/mol. The Morgan fingerprint density at radius 1 is 1.32 bits per heavy atom. The number of ether oxygens (including phenoxy) is 2. The summed E-state index contributed by atoms with van der Waals surface area (Å²) in [7, 11) is 1.43. The highest BCUT2D eigenvalue weighted by Crippen LogP contribution is 2.28. The molecule has 0 aromatic heterocycles. The van der Waals surface area contributed by atoms with Gasteiger partial charge >= 0.3 is 5.97 Å². The third-order valence-corrected chi connectivity index (χ3v) is 4.75. The third kappa shape index (κ3) is 4.08. The molecule has 2 aliphatic heterocycles. The lowest BCUT2D eigenvalue weighted by molar-refractivity contribution is -0.138. The second-order valence-electron chi connectivity index (χ2n) is 6.62. The topological polar surface area (TPSA) is 62.2 Å². The Labute approximate surface area is 144 Å². The number of carboxylic acids is 1. The van der Waals surface area contributed by atoms with Crippen molar-refractivity contribution in [2.24, 2.45) is 5.92 Å². The van der Waals surface area contributed by atoms with Crippen LogP contribution < -0.4 is 4.74 Å². The Hall–Kier alpha value is -1.77. The van der Waals surface area contributed by atoms with Crippen LogP contribution in [0.15, 0.2) is 12.1 Å². The number of carboxylic acid groups (broad SMARTS) is 1. The zero-order valence-corrected chi connectivity index (χ0v) is 14.1. The Morgan fingerprint density at radius 3 is 2.84 bits per heavy atom. The Kier molecular flexibility index (Phi) is 5.51. The minimum atomic E-state index is -0.905. The number of fused-ring (bicyclic) bond motifs is 3. The lowest BCUT2D eigenvalue weighted by Gasteiger charge is -2.31. The summed E-state index contributed by atoms with van der Waals surface area (Å²) in [5, 5.41) is 9.06.